The molecule has 6 heteroatoms. The summed E-state index contributed by atoms with van der Waals surface area (Å²) in [6, 6.07) is 5.47. The monoisotopic (exact) mass is 291 g/mol. The predicted octanol–water partition coefficient (Wildman–Crippen LogP) is 2.52. The second-order valence-electron chi connectivity index (χ2n) is 4.68. The number of rotatable bonds is 6. The molecular weight excluding hydrogens is 274 g/mol. The third kappa shape index (κ3) is 2.83. The first-order valence-electron chi connectivity index (χ1n) is 6.63. The molecule has 0 atom stereocenters. The topological polar surface area (TPSA) is 75.8 Å². The predicted molar refractivity (Wildman–Crippen MR) is 76.9 cm³/mol. The molecule has 0 spiro atoms. The molecule has 2 rings (SSSR count). The molecule has 0 aromatic carbocycles. The first-order chi connectivity index (χ1) is 9.60. The van der Waals surface area contributed by atoms with E-state index in [-0.39, 0.29) is 17.2 Å². The summed E-state index contributed by atoms with van der Waals surface area (Å²) in [6.45, 7) is 2.13. The van der Waals surface area contributed by atoms with Crippen LogP contribution < -0.4 is 0 Å². The molecule has 0 saturated carbocycles. The van der Waals surface area contributed by atoms with Crippen LogP contribution in [0.25, 0.3) is 11.0 Å². The largest absolute Gasteiger partial charge is 0.317 e. The molecule has 0 unspecified atom stereocenters. The lowest BCUT2D eigenvalue weighted by molar-refractivity contribution is 0.591. The van der Waals surface area contributed by atoms with Crippen LogP contribution in [0.15, 0.2) is 29.4 Å². The molecule has 2 aromatic rings. The highest BCUT2D eigenvalue weighted by Crippen LogP contribution is 2.25. The summed E-state index contributed by atoms with van der Waals surface area (Å²) < 4.78 is 26.4. The zero-order valence-electron chi connectivity index (χ0n) is 11.4. The van der Waals surface area contributed by atoms with E-state index in [2.05, 4.69) is 4.98 Å². The Kier molecular flexibility index (Phi) is 4.40. The molecule has 0 bridgehead atoms. The first kappa shape index (κ1) is 14.5. The molecule has 106 valence electrons. The van der Waals surface area contributed by atoms with Gasteiger partial charge in [0.2, 0.25) is 0 Å². The highest BCUT2D eigenvalue weighted by molar-refractivity contribution is 7.91. The lowest BCUT2D eigenvalue weighted by atomic mass is 10.3. The van der Waals surface area contributed by atoms with Crippen molar-refractivity contribution >= 4 is 20.9 Å². The minimum absolute atomic E-state index is 0.0952. The first-order valence-corrected chi connectivity index (χ1v) is 8.29. The van der Waals surface area contributed by atoms with Gasteiger partial charge in [-0.1, -0.05) is 19.8 Å². The van der Waals surface area contributed by atoms with Crippen molar-refractivity contribution in [2.24, 2.45) is 0 Å². The van der Waals surface area contributed by atoms with Gasteiger partial charge in [-0.2, -0.15) is 5.26 Å². The van der Waals surface area contributed by atoms with Gasteiger partial charge in [-0.15, -0.1) is 0 Å². The number of unbranched alkanes of at least 4 members (excludes halogenated alkanes) is 2. The van der Waals surface area contributed by atoms with Gasteiger partial charge in [0.05, 0.1) is 16.7 Å². The van der Waals surface area contributed by atoms with Crippen LogP contribution in [-0.2, 0) is 16.4 Å². The summed E-state index contributed by atoms with van der Waals surface area (Å²) in [5, 5.41) is 9.41. The Balaban J connectivity index is 2.46. The Labute approximate surface area is 118 Å². The molecule has 0 amide bonds. The van der Waals surface area contributed by atoms with Gasteiger partial charge >= 0.3 is 0 Å². The van der Waals surface area contributed by atoms with Crippen LogP contribution in [0.4, 0.5) is 0 Å². The van der Waals surface area contributed by atoms with Crippen molar-refractivity contribution < 1.29 is 8.42 Å². The van der Waals surface area contributed by atoms with Crippen molar-refractivity contribution in [2.75, 3.05) is 5.75 Å². The summed E-state index contributed by atoms with van der Waals surface area (Å²) in [7, 11) is -3.33. The van der Waals surface area contributed by atoms with Crippen LogP contribution in [0.1, 0.15) is 26.2 Å². The van der Waals surface area contributed by atoms with Gasteiger partial charge in [-0.25, -0.2) is 13.4 Å². The van der Waals surface area contributed by atoms with Crippen molar-refractivity contribution in [1.82, 2.24) is 9.55 Å². The fourth-order valence-corrected chi connectivity index (χ4v) is 3.77. The minimum Gasteiger partial charge on any atom is -0.317 e. The van der Waals surface area contributed by atoms with E-state index in [9.17, 15) is 8.42 Å². The van der Waals surface area contributed by atoms with Gasteiger partial charge in [0.25, 0.3) is 0 Å². The smallest absolute Gasteiger partial charge is 0.180 e. The molecular formula is C14H17N3O2S. The van der Waals surface area contributed by atoms with Gasteiger partial charge in [-0.05, 0) is 18.6 Å². The number of aromatic nitrogens is 2. The zero-order valence-corrected chi connectivity index (χ0v) is 12.2. The summed E-state index contributed by atoms with van der Waals surface area (Å²) in [5.41, 5.74) is 0.545. The van der Waals surface area contributed by atoms with E-state index in [1.165, 1.54) is 6.20 Å². The fourth-order valence-electron chi connectivity index (χ4n) is 2.19. The maximum atomic E-state index is 12.4. The number of pyridine rings is 1. The Hall–Kier alpha value is -1.87. The number of hydrogen-bond acceptors (Lipinski definition) is 4. The van der Waals surface area contributed by atoms with E-state index < -0.39 is 9.84 Å². The average Bonchev–Trinajstić information content (AvgIpc) is 2.80. The summed E-state index contributed by atoms with van der Waals surface area (Å²) in [4.78, 5) is 4.46. The maximum absolute atomic E-state index is 12.4. The van der Waals surface area contributed by atoms with Gasteiger partial charge in [-0.3, -0.25) is 0 Å². The van der Waals surface area contributed by atoms with Crippen LogP contribution in [0, 0.1) is 11.3 Å². The Morgan fingerprint density at radius 1 is 1.40 bits per heavy atom. The molecule has 0 radical (unpaired) electrons. The second-order valence-corrected chi connectivity index (χ2v) is 6.76. The standard InChI is InChI=1S/C14H17N3O2S/c1-2-3-4-10-20(18,19)13-11-17(9-7-15)14-12(13)6-5-8-16-14/h5-6,8,11H,2-4,9-10H2,1H3. The summed E-state index contributed by atoms with van der Waals surface area (Å²) in [5.74, 6) is 0.140. The average molecular weight is 291 g/mol. The summed E-state index contributed by atoms with van der Waals surface area (Å²) >= 11 is 0. The molecule has 0 fully saturated rings. The highest BCUT2D eigenvalue weighted by atomic mass is 32.2. The van der Waals surface area contributed by atoms with Crippen LogP contribution >= 0.6 is 0 Å². The maximum Gasteiger partial charge on any atom is 0.180 e. The van der Waals surface area contributed by atoms with Crippen LogP contribution in [0.5, 0.6) is 0 Å². The van der Waals surface area contributed by atoms with E-state index >= 15 is 0 Å². The van der Waals surface area contributed by atoms with E-state index in [1.807, 2.05) is 13.0 Å². The lowest BCUT2D eigenvalue weighted by Crippen LogP contribution is -2.06. The van der Waals surface area contributed by atoms with Crippen LogP contribution in [0.2, 0.25) is 0 Å². The van der Waals surface area contributed by atoms with Crippen LogP contribution in [0.3, 0.4) is 0 Å². The molecule has 20 heavy (non-hydrogen) atoms. The van der Waals surface area contributed by atoms with Gasteiger partial charge in [0.1, 0.15) is 12.2 Å². The number of nitrogens with zero attached hydrogens (tertiary/aromatic N) is 3. The SMILES string of the molecule is CCCCCS(=O)(=O)c1cn(CC#N)c2ncccc12. The molecule has 0 saturated heterocycles. The molecule has 0 aliphatic rings. The number of nitriles is 1. The molecule has 2 aromatic heterocycles. The van der Waals surface area contributed by atoms with E-state index in [4.69, 9.17) is 5.26 Å². The second kappa shape index (κ2) is 6.06. The number of hydrogen-bond donors (Lipinski definition) is 0. The summed E-state index contributed by atoms with van der Waals surface area (Å²) in [6.07, 6.45) is 5.66. The van der Waals surface area contributed by atoms with E-state index in [1.54, 1.807) is 22.9 Å². The van der Waals surface area contributed by atoms with E-state index in [0.29, 0.717) is 17.5 Å². The molecule has 2 heterocycles. The van der Waals surface area contributed by atoms with Gasteiger partial charge in [0, 0.05) is 17.8 Å². The normalized spacial score (nSPS) is 11.6. The zero-order chi connectivity index (χ0) is 14.6. The number of sulfone groups is 1. The number of fused-ring (bicyclic) bond motifs is 1. The molecule has 0 N–H and O–H groups in total. The van der Waals surface area contributed by atoms with Gasteiger partial charge < -0.3 is 4.57 Å². The quantitative estimate of drug-likeness (QED) is 0.766. The fraction of sp³-hybridized carbons (Fsp3) is 0.429. The lowest BCUT2D eigenvalue weighted by Gasteiger charge is -2.01. The van der Waals surface area contributed by atoms with Gasteiger partial charge in [0.15, 0.2) is 9.84 Å². The third-order valence-electron chi connectivity index (χ3n) is 3.19. The molecule has 5 nitrogen and oxygen atoms in total. The van der Waals surface area contributed by atoms with Crippen molar-refractivity contribution in [3.63, 3.8) is 0 Å². The van der Waals surface area contributed by atoms with Crippen molar-refractivity contribution in [2.45, 2.75) is 37.6 Å². The highest BCUT2D eigenvalue weighted by Gasteiger charge is 2.21. The van der Waals surface area contributed by atoms with Crippen molar-refractivity contribution in [3.8, 4) is 6.07 Å². The molecule has 0 aliphatic carbocycles. The van der Waals surface area contributed by atoms with Crippen molar-refractivity contribution in [3.05, 3.63) is 24.5 Å². The molecule has 0 aliphatic heterocycles. The van der Waals surface area contributed by atoms with Crippen molar-refractivity contribution in [1.29, 1.82) is 5.26 Å². The van der Waals surface area contributed by atoms with Crippen LogP contribution in [-0.4, -0.2) is 23.7 Å². The Bertz CT molecular complexity index is 741. The third-order valence-corrected chi connectivity index (χ3v) is 5.01. The van der Waals surface area contributed by atoms with E-state index in [0.717, 1.165) is 12.8 Å². The Morgan fingerprint density at radius 2 is 2.20 bits per heavy atom. The minimum atomic E-state index is -3.33. The Morgan fingerprint density at radius 3 is 2.90 bits per heavy atom.